The van der Waals surface area contributed by atoms with E-state index >= 15 is 0 Å². The van der Waals surface area contributed by atoms with Gasteiger partial charge < -0.3 is 4.57 Å². The first-order valence-corrected chi connectivity index (χ1v) is 10.8. The molecule has 0 saturated heterocycles. The summed E-state index contributed by atoms with van der Waals surface area (Å²) in [4.78, 5) is 5.39. The number of benzene rings is 2. The van der Waals surface area contributed by atoms with Crippen molar-refractivity contribution < 1.29 is 8.42 Å². The van der Waals surface area contributed by atoms with Crippen LogP contribution in [0.15, 0.2) is 57.7 Å². The minimum Gasteiger partial charge on any atom is -0.320 e. The van der Waals surface area contributed by atoms with Crippen molar-refractivity contribution in [3.05, 3.63) is 63.2 Å². The Bertz CT molecular complexity index is 1120. The van der Waals surface area contributed by atoms with Gasteiger partial charge in [-0.05, 0) is 30.7 Å². The van der Waals surface area contributed by atoms with E-state index in [1.165, 1.54) is 23.5 Å². The van der Waals surface area contributed by atoms with E-state index in [1.807, 2.05) is 48.2 Å². The molecule has 0 fully saturated rings. The maximum Gasteiger partial charge on any atom is 0.262 e. The van der Waals surface area contributed by atoms with Gasteiger partial charge in [0.15, 0.2) is 4.80 Å². The Kier molecular flexibility index (Phi) is 6.74. The van der Waals surface area contributed by atoms with Crippen LogP contribution in [0, 0.1) is 6.92 Å². The van der Waals surface area contributed by atoms with E-state index < -0.39 is 9.05 Å². The number of halogens is 3. The third-order valence-corrected chi connectivity index (χ3v) is 6.47. The number of rotatable bonds is 3. The third-order valence-electron chi connectivity index (χ3n) is 3.75. The van der Waals surface area contributed by atoms with Gasteiger partial charge in [0.25, 0.3) is 9.05 Å². The van der Waals surface area contributed by atoms with E-state index in [1.54, 1.807) is 6.07 Å². The zero-order valence-corrected chi connectivity index (χ0v) is 18.7. The summed E-state index contributed by atoms with van der Waals surface area (Å²) in [6, 6.07) is 12.6. The number of hydrogen-bond donors (Lipinski definition) is 0. The SMILES string of the molecule is Br.Cc1ccccc1N=c1scc(-c2ccc(Cl)c(S(=O)(=O)Cl)c2)n1C. The Balaban J connectivity index is 0.00000243. The molecule has 0 amide bonds. The molecule has 1 aromatic heterocycles. The molecule has 0 aliphatic heterocycles. The van der Waals surface area contributed by atoms with E-state index in [0.717, 1.165) is 21.7 Å². The van der Waals surface area contributed by atoms with Crippen molar-refractivity contribution in [2.24, 2.45) is 12.0 Å². The van der Waals surface area contributed by atoms with Crippen molar-refractivity contribution in [3.63, 3.8) is 0 Å². The molecule has 0 atom stereocenters. The van der Waals surface area contributed by atoms with Crippen molar-refractivity contribution in [1.82, 2.24) is 4.57 Å². The van der Waals surface area contributed by atoms with Crippen LogP contribution in [0.25, 0.3) is 11.3 Å². The molecule has 0 bridgehead atoms. The molecule has 4 nitrogen and oxygen atoms in total. The molecule has 1 heterocycles. The van der Waals surface area contributed by atoms with Gasteiger partial charge in [-0.15, -0.1) is 28.3 Å². The normalized spacial score (nSPS) is 12.1. The van der Waals surface area contributed by atoms with Gasteiger partial charge in [-0.25, -0.2) is 13.4 Å². The first kappa shape index (κ1) is 21.2. The molecule has 0 spiro atoms. The lowest BCUT2D eigenvalue weighted by molar-refractivity contribution is 0.609. The van der Waals surface area contributed by atoms with Crippen LogP contribution >= 0.6 is 50.6 Å². The van der Waals surface area contributed by atoms with Crippen molar-refractivity contribution in [2.75, 3.05) is 0 Å². The van der Waals surface area contributed by atoms with Crippen molar-refractivity contribution in [3.8, 4) is 11.3 Å². The van der Waals surface area contributed by atoms with Gasteiger partial charge in [0.05, 0.1) is 16.4 Å². The lowest BCUT2D eigenvalue weighted by Gasteiger charge is -2.06. The fourth-order valence-electron chi connectivity index (χ4n) is 2.37. The van der Waals surface area contributed by atoms with Gasteiger partial charge in [0.1, 0.15) is 4.90 Å². The van der Waals surface area contributed by atoms with E-state index in [4.69, 9.17) is 22.3 Å². The van der Waals surface area contributed by atoms with E-state index in [0.29, 0.717) is 5.56 Å². The summed E-state index contributed by atoms with van der Waals surface area (Å²) in [5, 5.41) is 2.02. The van der Waals surface area contributed by atoms with Crippen molar-refractivity contribution in [1.29, 1.82) is 0 Å². The minimum atomic E-state index is -3.91. The van der Waals surface area contributed by atoms with Gasteiger partial charge in [0, 0.05) is 28.7 Å². The van der Waals surface area contributed by atoms with Crippen molar-refractivity contribution in [2.45, 2.75) is 11.8 Å². The molecule has 3 aromatic rings. The first-order valence-electron chi connectivity index (χ1n) is 7.27. The molecule has 0 aliphatic rings. The first-order chi connectivity index (χ1) is 11.8. The number of para-hydroxylation sites is 1. The highest BCUT2D eigenvalue weighted by Crippen LogP contribution is 2.30. The maximum absolute atomic E-state index is 11.7. The van der Waals surface area contributed by atoms with Gasteiger partial charge in [0.2, 0.25) is 0 Å². The Morgan fingerprint density at radius 1 is 1.15 bits per heavy atom. The fraction of sp³-hybridized carbons (Fsp3) is 0.118. The zero-order chi connectivity index (χ0) is 18.2. The molecular formula is C17H15BrCl2N2O2S2. The summed E-state index contributed by atoms with van der Waals surface area (Å²) in [7, 11) is 3.43. The average Bonchev–Trinajstić information content (AvgIpc) is 2.90. The predicted molar refractivity (Wildman–Crippen MR) is 113 cm³/mol. The molecule has 0 radical (unpaired) electrons. The van der Waals surface area contributed by atoms with Crippen LogP contribution in [0.2, 0.25) is 5.02 Å². The molecule has 9 heteroatoms. The number of nitrogens with zero attached hydrogens (tertiary/aromatic N) is 2. The monoisotopic (exact) mass is 492 g/mol. The van der Waals surface area contributed by atoms with Crippen LogP contribution in [0.3, 0.4) is 0 Å². The minimum absolute atomic E-state index is 0. The molecule has 2 aromatic carbocycles. The van der Waals surface area contributed by atoms with Crippen molar-refractivity contribution >= 4 is 65.3 Å². The van der Waals surface area contributed by atoms with Crippen LogP contribution in [0.4, 0.5) is 5.69 Å². The summed E-state index contributed by atoms with van der Waals surface area (Å²) in [6.07, 6.45) is 0. The lowest BCUT2D eigenvalue weighted by Crippen LogP contribution is -2.11. The molecule has 138 valence electrons. The molecule has 0 N–H and O–H groups in total. The largest absolute Gasteiger partial charge is 0.320 e. The highest BCUT2D eigenvalue weighted by molar-refractivity contribution is 8.93. The van der Waals surface area contributed by atoms with Crippen LogP contribution in [-0.2, 0) is 16.1 Å². The second-order valence-electron chi connectivity index (χ2n) is 5.44. The summed E-state index contributed by atoms with van der Waals surface area (Å²) in [5.41, 5.74) is 3.51. The molecule has 3 rings (SSSR count). The summed E-state index contributed by atoms with van der Waals surface area (Å²) < 4.78 is 25.2. The van der Waals surface area contributed by atoms with E-state index in [-0.39, 0.29) is 26.9 Å². The Morgan fingerprint density at radius 3 is 2.50 bits per heavy atom. The third kappa shape index (κ3) is 4.40. The van der Waals surface area contributed by atoms with Gasteiger partial charge in [-0.2, -0.15) is 0 Å². The number of aryl methyl sites for hydroxylation is 1. The smallest absolute Gasteiger partial charge is 0.262 e. The second kappa shape index (κ2) is 8.27. The number of thiazole rings is 1. The summed E-state index contributed by atoms with van der Waals surface area (Å²) >= 11 is 7.42. The number of aromatic nitrogens is 1. The Hall–Kier alpha value is -1.12. The zero-order valence-electron chi connectivity index (χ0n) is 13.8. The van der Waals surface area contributed by atoms with Crippen LogP contribution in [0.1, 0.15) is 5.56 Å². The molecule has 26 heavy (non-hydrogen) atoms. The number of hydrogen-bond acceptors (Lipinski definition) is 4. The Labute approximate surface area is 175 Å². The molecule has 0 aliphatic carbocycles. The van der Waals surface area contributed by atoms with E-state index in [2.05, 4.69) is 4.99 Å². The van der Waals surface area contributed by atoms with Gasteiger partial charge in [-0.3, -0.25) is 0 Å². The second-order valence-corrected chi connectivity index (χ2v) is 9.22. The topological polar surface area (TPSA) is 51.4 Å². The predicted octanol–water partition coefficient (Wildman–Crippen LogP) is 5.45. The van der Waals surface area contributed by atoms with Crippen LogP contribution in [-0.4, -0.2) is 13.0 Å². The fourth-order valence-corrected chi connectivity index (χ4v) is 4.79. The molecule has 0 unspecified atom stereocenters. The average molecular weight is 494 g/mol. The van der Waals surface area contributed by atoms with Crippen LogP contribution < -0.4 is 4.80 Å². The molecule has 0 saturated carbocycles. The quantitative estimate of drug-likeness (QED) is 0.455. The highest BCUT2D eigenvalue weighted by Gasteiger charge is 2.17. The van der Waals surface area contributed by atoms with Gasteiger partial charge in [-0.1, -0.05) is 35.9 Å². The maximum atomic E-state index is 11.7. The summed E-state index contributed by atoms with van der Waals surface area (Å²) in [6.45, 7) is 2.00. The van der Waals surface area contributed by atoms with Gasteiger partial charge >= 0.3 is 0 Å². The van der Waals surface area contributed by atoms with Crippen LogP contribution in [0.5, 0.6) is 0 Å². The molecular weight excluding hydrogens is 479 g/mol. The van der Waals surface area contributed by atoms with E-state index in [9.17, 15) is 8.42 Å². The Morgan fingerprint density at radius 2 is 1.85 bits per heavy atom. The summed E-state index contributed by atoms with van der Waals surface area (Å²) in [5.74, 6) is 0. The highest BCUT2D eigenvalue weighted by atomic mass is 79.9. The standard InChI is InChI=1S/C17H14Cl2N2O2S2.BrH/c1-11-5-3-4-6-14(11)20-17-21(2)15(10-24-17)12-7-8-13(18)16(9-12)25(19,22)23;/h3-10H,1-2H3;1H. The lowest BCUT2D eigenvalue weighted by atomic mass is 10.2.